The summed E-state index contributed by atoms with van der Waals surface area (Å²) >= 11 is 0. The molecule has 15 heterocycles. The van der Waals surface area contributed by atoms with Gasteiger partial charge in [-0.15, -0.1) is 0 Å². The maximum Gasteiger partial charge on any atom is 0.416 e. The molecule has 0 radical (unpaired) electrons. The number of nitrogens with zero attached hydrogens (tertiary/aromatic N) is 15. The number of urea groups is 3. The topological polar surface area (TPSA) is 516 Å². The molecule has 9 aliphatic rings. The van der Waals surface area contributed by atoms with Crippen LogP contribution in [0.1, 0.15) is 143 Å². The summed E-state index contributed by atoms with van der Waals surface area (Å²) in [6.45, 7) is -0.321. The first-order chi connectivity index (χ1) is 67.7. The Hall–Kier alpha value is -15.0. The number of carboxylic acid groups (broad SMARTS) is 3. The Morgan fingerprint density at radius 1 is 0.381 bits per heavy atom. The number of halogens is 3. The Bertz CT molecular complexity index is 6660. The smallest absolute Gasteiger partial charge is 0.416 e. The number of pyridine rings is 3. The number of imidazole rings is 3. The van der Waals surface area contributed by atoms with Gasteiger partial charge in [-0.25, -0.2) is 88.6 Å². The van der Waals surface area contributed by atoms with Crippen molar-refractivity contribution in [1.29, 1.82) is 0 Å². The molecule has 3 aliphatic carbocycles. The van der Waals surface area contributed by atoms with Gasteiger partial charge in [-0.2, -0.15) is 13.2 Å². The van der Waals surface area contributed by atoms with Crippen LogP contribution in [0.5, 0.6) is 17.6 Å². The first-order valence-electron chi connectivity index (χ1n) is 45.2. The number of amides is 6. The fraction of sp³-hybridized carbons (Fsp3) is 0.362. The lowest BCUT2D eigenvalue weighted by molar-refractivity contribution is -0.173. The van der Waals surface area contributed by atoms with Crippen molar-refractivity contribution in [3.8, 4) is 17.6 Å². The fourth-order valence-corrected chi connectivity index (χ4v) is 18.9. The summed E-state index contributed by atoms with van der Waals surface area (Å²) in [4.78, 5) is 125. The molecule has 9 N–H and O–H groups in total. The van der Waals surface area contributed by atoms with E-state index in [-0.39, 0.29) is 112 Å². The SMILES string of the molecule is O=C(Nc1ccccc1)Nc1ncnc2c1ncn2C1OC(COc2ncccc2C(=O)O)C2OC(C3CCCCC3)OC21.O=C(Nc1ccccc1)Nc1ncnc2c1ncn2C1OC(COc2ncccc2C(=O)O)C2OC(c3ccccc3C(F)(F)F)OC21.O=C(Nc1ncnc2c1ncn2C1OC(COc2ncccc2C(=O)O)C2OC(C3CCc4ccccc4C3)OC21)NC1CCCC1. The summed E-state index contributed by atoms with van der Waals surface area (Å²) in [5, 5.41) is 45.4. The maximum absolute atomic E-state index is 13.9. The molecule has 718 valence electrons. The number of hydrogen-bond acceptors (Lipinski definition) is 30. The Balaban J connectivity index is 0.000000128. The number of aryl methyl sites for hydroxylation is 1. The number of carbonyl (C=O) groups is 6. The number of aromatic nitrogens is 15. The maximum atomic E-state index is 13.9. The van der Waals surface area contributed by atoms with Crippen molar-refractivity contribution in [3.05, 3.63) is 241 Å². The number of alkyl halides is 3. The predicted octanol–water partition coefficient (Wildman–Crippen LogP) is 13.1. The largest absolute Gasteiger partial charge is 0.477 e. The first kappa shape index (κ1) is 91.8. The summed E-state index contributed by atoms with van der Waals surface area (Å²) in [5.41, 5.74) is 4.46. The van der Waals surface area contributed by atoms with Crippen LogP contribution in [0, 0.1) is 11.8 Å². The van der Waals surface area contributed by atoms with Gasteiger partial charge in [0.1, 0.15) is 110 Å². The lowest BCUT2D eigenvalue weighted by atomic mass is 9.83. The minimum Gasteiger partial charge on any atom is -0.477 e. The van der Waals surface area contributed by atoms with Gasteiger partial charge in [-0.1, -0.05) is 111 Å². The van der Waals surface area contributed by atoms with Gasteiger partial charge in [0, 0.05) is 53.4 Å². The van der Waals surface area contributed by atoms with Crippen molar-refractivity contribution < 1.29 is 114 Å². The zero-order valence-electron chi connectivity index (χ0n) is 73.6. The quantitative estimate of drug-likeness (QED) is 0.0271. The predicted molar refractivity (Wildman–Crippen MR) is 480 cm³/mol. The van der Waals surface area contributed by atoms with Gasteiger partial charge in [-0.05, 0) is 123 Å². The molecule has 8 fully saturated rings. The zero-order chi connectivity index (χ0) is 95.4. The standard InChI is InChI=1S/C33H35N7O7.C31H24F3N7O7.C30H31N7O7/c41-31(42)22-10-5-13-34-29(22)44-15-23-25-26(47-32(46-25)20-12-11-18-6-1-2-7-19(18)14-20)30(45-23)40-17-37-24-27(35-16-36-28(24)40)39-33(43)38-21-8-3-4-9-21;32-31(33,34)19-11-5-4-9-17(19)29-47-22-20(13-45-26-18(28(42)43)10-6-12-35-26)46-27(23(22)48-29)41-15-38-21-24(36-14-37-25(21)41)40-30(44)39-16-7-2-1-3-8-16;38-28(39)19-12-7-13-31-26(19)41-14-20-22-23(44-29(43-22)17-8-3-1-4-9-17)27(42-20)37-16-34-21-24(32-15-33-25(21)37)36-30(40)35-18-10-5-2-6-11-18/h1-2,5-7,10,13,16-17,20-21,23,25-26,30,32H,3-4,8-9,11-12,14-15H2,(H,41,42)(H2,35,36,38,39,43);1-12,14-15,20,22-23,27,29H,13H2,(H,42,43)(H2,36,37,39,40,44);2,5-7,10-13,15-17,20,22-23,27,29H,1,3-4,8-9,14H2,(H,38,39)(H2,32,33,35,36,40). The van der Waals surface area contributed by atoms with Crippen molar-refractivity contribution in [2.24, 2.45) is 11.8 Å². The number of ether oxygens (including phenoxy) is 12. The molecule has 13 aromatic rings. The molecule has 4 aromatic carbocycles. The number of para-hydroxylation sites is 2. The molecule has 9 aromatic heterocycles. The van der Waals surface area contributed by atoms with Crippen LogP contribution >= 0.6 is 0 Å². The second kappa shape index (κ2) is 40.4. The minimum absolute atomic E-state index is 0.00309. The fourth-order valence-electron chi connectivity index (χ4n) is 18.9. The molecule has 139 heavy (non-hydrogen) atoms. The van der Waals surface area contributed by atoms with E-state index in [0.717, 1.165) is 76.7 Å². The van der Waals surface area contributed by atoms with E-state index in [4.69, 9.17) is 56.8 Å². The Labute approximate surface area is 786 Å². The molecular weight excluding hydrogens is 1820 g/mol. The average molecular weight is 1910 g/mol. The highest BCUT2D eigenvalue weighted by Crippen LogP contribution is 2.51. The summed E-state index contributed by atoms with van der Waals surface area (Å²) < 4.78 is 122. The molecule has 42 nitrogen and oxygen atoms in total. The van der Waals surface area contributed by atoms with Crippen molar-refractivity contribution in [3.63, 3.8) is 0 Å². The number of benzene rings is 4. The van der Waals surface area contributed by atoms with Crippen molar-refractivity contribution >= 4 is 98.3 Å². The Morgan fingerprint density at radius 3 is 1.22 bits per heavy atom. The third-order valence-electron chi connectivity index (χ3n) is 25.4. The van der Waals surface area contributed by atoms with E-state index in [1.807, 2.05) is 18.2 Å². The molecule has 22 rings (SSSR count). The average Bonchev–Trinajstić information content (AvgIpc) is 1.58. The number of hydrogen-bond donors (Lipinski definition) is 9. The number of rotatable bonds is 24. The van der Waals surface area contributed by atoms with Crippen LogP contribution in [0.4, 0.5) is 56.4 Å². The van der Waals surface area contributed by atoms with Crippen molar-refractivity contribution in [2.75, 3.05) is 46.4 Å². The van der Waals surface area contributed by atoms with Gasteiger partial charge in [-0.3, -0.25) is 29.7 Å². The highest BCUT2D eigenvalue weighted by atomic mass is 19.4. The minimum atomic E-state index is -4.68. The van der Waals surface area contributed by atoms with Crippen LogP contribution in [0.15, 0.2) is 202 Å². The number of carbonyl (C=O) groups excluding carboxylic acids is 3. The van der Waals surface area contributed by atoms with Crippen LogP contribution in [0.3, 0.4) is 0 Å². The third-order valence-corrected chi connectivity index (χ3v) is 25.4. The first-order valence-corrected chi connectivity index (χ1v) is 45.2. The Kier molecular flexibility index (Phi) is 26.7. The van der Waals surface area contributed by atoms with E-state index in [1.54, 1.807) is 70.3 Å². The molecular formula is C94H90F3N21O21. The van der Waals surface area contributed by atoms with E-state index < -0.39 is 134 Å². The molecule has 0 spiro atoms. The molecule has 6 aliphatic heterocycles. The molecule has 6 saturated heterocycles. The van der Waals surface area contributed by atoms with Crippen LogP contribution in [-0.4, -0.2) is 218 Å². The summed E-state index contributed by atoms with van der Waals surface area (Å²) in [6.07, 6.45) is 9.44. The van der Waals surface area contributed by atoms with Crippen molar-refractivity contribution in [2.45, 2.75) is 182 Å². The van der Waals surface area contributed by atoms with Gasteiger partial charge in [0.25, 0.3) is 0 Å². The second-order valence-corrected chi connectivity index (χ2v) is 34.1. The van der Waals surface area contributed by atoms with Crippen LogP contribution < -0.4 is 46.1 Å². The highest BCUT2D eigenvalue weighted by molar-refractivity contribution is 6.04. The zero-order valence-corrected chi connectivity index (χ0v) is 73.6. The number of aromatic carboxylic acids is 3. The normalized spacial score (nSPS) is 24.6. The summed E-state index contributed by atoms with van der Waals surface area (Å²) in [5.74, 6) is -2.72. The van der Waals surface area contributed by atoms with Gasteiger partial charge >= 0.3 is 42.2 Å². The van der Waals surface area contributed by atoms with Gasteiger partial charge in [0.05, 0.1) is 24.5 Å². The second-order valence-electron chi connectivity index (χ2n) is 34.1. The molecule has 16 atom stereocenters. The number of anilines is 5. The van der Waals surface area contributed by atoms with E-state index in [9.17, 15) is 57.3 Å². The van der Waals surface area contributed by atoms with Crippen LogP contribution in [-0.2, 0) is 61.6 Å². The molecule has 45 heteroatoms. The van der Waals surface area contributed by atoms with E-state index in [2.05, 4.69) is 116 Å². The number of fused-ring (bicyclic) bond motifs is 7. The lowest BCUT2D eigenvalue weighted by Gasteiger charge is -2.30. The molecule has 2 saturated carbocycles. The van der Waals surface area contributed by atoms with E-state index in [1.165, 1.54) is 115 Å². The molecule has 6 amide bonds. The van der Waals surface area contributed by atoms with Crippen LogP contribution in [0.2, 0.25) is 0 Å². The van der Waals surface area contributed by atoms with Gasteiger partial charge < -0.3 is 88.1 Å². The summed E-state index contributed by atoms with van der Waals surface area (Å²) in [6, 6.07) is 38.6. The van der Waals surface area contributed by atoms with E-state index >= 15 is 0 Å². The molecule has 0 bridgehead atoms. The monoisotopic (exact) mass is 1910 g/mol. The lowest BCUT2D eigenvalue weighted by Crippen LogP contribution is -2.36. The van der Waals surface area contributed by atoms with Crippen molar-refractivity contribution in [1.82, 2.24) is 78.8 Å². The number of nitrogens with one attached hydrogen (secondary N) is 6. The van der Waals surface area contributed by atoms with Gasteiger partial charge in [0.2, 0.25) is 17.6 Å². The van der Waals surface area contributed by atoms with Gasteiger partial charge in [0.15, 0.2) is 88.5 Å². The summed E-state index contributed by atoms with van der Waals surface area (Å²) in [7, 11) is 0. The van der Waals surface area contributed by atoms with Crippen LogP contribution in [0.25, 0.3) is 33.5 Å². The number of carboxylic acids is 3. The third kappa shape index (κ3) is 19.8. The Morgan fingerprint density at radius 2 is 0.770 bits per heavy atom. The highest BCUT2D eigenvalue weighted by Gasteiger charge is 2.59. The molecule has 16 unspecified atom stereocenters. The van der Waals surface area contributed by atoms with E-state index in [0.29, 0.717) is 33.7 Å².